The summed E-state index contributed by atoms with van der Waals surface area (Å²) in [6, 6.07) is 5.84. The van der Waals surface area contributed by atoms with Gasteiger partial charge in [0.05, 0.1) is 6.10 Å². The van der Waals surface area contributed by atoms with Gasteiger partial charge in [-0.25, -0.2) is 4.98 Å². The summed E-state index contributed by atoms with van der Waals surface area (Å²) in [6.07, 6.45) is 1.46. The molecule has 1 aliphatic carbocycles. The van der Waals surface area contributed by atoms with Gasteiger partial charge < -0.3 is 16.2 Å². The highest BCUT2D eigenvalue weighted by atomic mass is 16.3. The Balaban J connectivity index is 1.94. The van der Waals surface area contributed by atoms with Crippen LogP contribution in [-0.4, -0.2) is 22.2 Å². The molecule has 1 heterocycles. The predicted molar refractivity (Wildman–Crippen MR) is 51.3 cm³/mol. The Kier molecular flexibility index (Phi) is 2.06. The van der Waals surface area contributed by atoms with E-state index in [1.54, 1.807) is 6.07 Å². The van der Waals surface area contributed by atoms with Gasteiger partial charge in [-0.3, -0.25) is 0 Å². The third kappa shape index (κ3) is 1.89. The van der Waals surface area contributed by atoms with Crippen molar-refractivity contribution in [2.45, 2.75) is 25.0 Å². The Labute approximate surface area is 76.8 Å². The van der Waals surface area contributed by atoms with E-state index in [-0.39, 0.29) is 6.10 Å². The van der Waals surface area contributed by atoms with Crippen LogP contribution in [0.4, 0.5) is 11.6 Å². The van der Waals surface area contributed by atoms with Crippen molar-refractivity contribution in [3.8, 4) is 0 Å². The molecular weight excluding hydrogens is 166 g/mol. The van der Waals surface area contributed by atoms with Crippen LogP contribution in [0.1, 0.15) is 12.8 Å². The zero-order valence-corrected chi connectivity index (χ0v) is 7.27. The number of anilines is 2. The molecule has 0 saturated heterocycles. The summed E-state index contributed by atoms with van der Waals surface area (Å²) in [6.45, 7) is 0. The van der Waals surface area contributed by atoms with E-state index in [0.717, 1.165) is 18.7 Å². The minimum Gasteiger partial charge on any atom is -0.393 e. The SMILES string of the molecule is Nc1cccc(NC2CC(O)C2)n1. The first-order valence-electron chi connectivity index (χ1n) is 4.41. The van der Waals surface area contributed by atoms with Crippen LogP contribution < -0.4 is 11.1 Å². The Morgan fingerprint density at radius 2 is 2.23 bits per heavy atom. The van der Waals surface area contributed by atoms with Gasteiger partial charge in [0.2, 0.25) is 0 Å². The van der Waals surface area contributed by atoms with Crippen molar-refractivity contribution < 1.29 is 5.11 Å². The van der Waals surface area contributed by atoms with Crippen LogP contribution in [0.3, 0.4) is 0 Å². The Morgan fingerprint density at radius 3 is 2.85 bits per heavy atom. The molecule has 0 aliphatic heterocycles. The van der Waals surface area contributed by atoms with E-state index >= 15 is 0 Å². The van der Waals surface area contributed by atoms with Crippen molar-refractivity contribution in [2.24, 2.45) is 0 Å². The smallest absolute Gasteiger partial charge is 0.128 e. The van der Waals surface area contributed by atoms with E-state index < -0.39 is 0 Å². The summed E-state index contributed by atoms with van der Waals surface area (Å²) in [5, 5.41) is 12.3. The first kappa shape index (κ1) is 8.31. The minimum absolute atomic E-state index is 0.140. The molecule has 1 saturated carbocycles. The maximum absolute atomic E-state index is 9.07. The highest BCUT2D eigenvalue weighted by Gasteiger charge is 2.26. The van der Waals surface area contributed by atoms with Gasteiger partial charge in [0.25, 0.3) is 0 Å². The third-order valence-corrected chi connectivity index (χ3v) is 2.24. The maximum Gasteiger partial charge on any atom is 0.128 e. The second kappa shape index (κ2) is 3.22. The normalized spacial score (nSPS) is 26.5. The third-order valence-electron chi connectivity index (χ3n) is 2.24. The first-order chi connectivity index (χ1) is 6.24. The van der Waals surface area contributed by atoms with Crippen LogP contribution in [0.5, 0.6) is 0 Å². The van der Waals surface area contributed by atoms with Gasteiger partial charge in [-0.15, -0.1) is 0 Å². The van der Waals surface area contributed by atoms with E-state index in [1.165, 1.54) is 0 Å². The second-order valence-corrected chi connectivity index (χ2v) is 3.41. The molecule has 0 bridgehead atoms. The minimum atomic E-state index is -0.140. The molecule has 4 nitrogen and oxygen atoms in total. The summed E-state index contributed by atoms with van der Waals surface area (Å²) in [4.78, 5) is 4.11. The van der Waals surface area contributed by atoms with E-state index in [9.17, 15) is 0 Å². The average Bonchev–Trinajstić information content (AvgIpc) is 2.01. The van der Waals surface area contributed by atoms with Crippen LogP contribution >= 0.6 is 0 Å². The number of nitrogens with two attached hydrogens (primary N) is 1. The molecule has 1 fully saturated rings. The molecule has 0 unspecified atom stereocenters. The van der Waals surface area contributed by atoms with Crippen molar-refractivity contribution in [1.82, 2.24) is 4.98 Å². The number of aliphatic hydroxyl groups excluding tert-OH is 1. The summed E-state index contributed by atoms with van der Waals surface area (Å²) in [5.74, 6) is 1.31. The van der Waals surface area contributed by atoms with Crippen molar-refractivity contribution >= 4 is 11.6 Å². The highest BCUT2D eigenvalue weighted by Crippen LogP contribution is 2.23. The molecule has 0 spiro atoms. The lowest BCUT2D eigenvalue weighted by molar-refractivity contribution is 0.0835. The molecule has 2 rings (SSSR count). The summed E-state index contributed by atoms with van der Waals surface area (Å²) >= 11 is 0. The van der Waals surface area contributed by atoms with Gasteiger partial charge in [-0.2, -0.15) is 0 Å². The van der Waals surface area contributed by atoms with E-state index in [0.29, 0.717) is 11.9 Å². The topological polar surface area (TPSA) is 71.2 Å². The lowest BCUT2D eigenvalue weighted by atomic mass is 9.89. The van der Waals surface area contributed by atoms with Gasteiger partial charge in [-0.1, -0.05) is 6.07 Å². The number of nitrogen functional groups attached to an aromatic ring is 1. The van der Waals surface area contributed by atoms with Gasteiger partial charge >= 0.3 is 0 Å². The first-order valence-corrected chi connectivity index (χ1v) is 4.41. The van der Waals surface area contributed by atoms with Crippen LogP contribution in [0.15, 0.2) is 18.2 Å². The maximum atomic E-state index is 9.07. The van der Waals surface area contributed by atoms with Crippen LogP contribution in [0, 0.1) is 0 Å². The standard InChI is InChI=1S/C9H13N3O/c10-8-2-1-3-9(12-8)11-6-4-7(13)5-6/h1-3,6-7,13H,4-5H2,(H3,10,11,12). The van der Waals surface area contributed by atoms with Crippen molar-refractivity contribution in [1.29, 1.82) is 0 Å². The summed E-state index contributed by atoms with van der Waals surface area (Å²) in [5.41, 5.74) is 5.52. The zero-order chi connectivity index (χ0) is 9.26. The number of aromatic nitrogens is 1. The lowest BCUT2D eigenvalue weighted by Crippen LogP contribution is -2.39. The van der Waals surface area contributed by atoms with Crippen molar-refractivity contribution in [3.05, 3.63) is 18.2 Å². The fourth-order valence-electron chi connectivity index (χ4n) is 1.45. The van der Waals surface area contributed by atoms with Crippen molar-refractivity contribution in [2.75, 3.05) is 11.1 Å². The highest BCUT2D eigenvalue weighted by molar-refractivity contribution is 5.43. The Morgan fingerprint density at radius 1 is 1.46 bits per heavy atom. The van der Waals surface area contributed by atoms with Crippen LogP contribution in [0.25, 0.3) is 0 Å². The molecule has 1 aliphatic rings. The summed E-state index contributed by atoms with van der Waals surface area (Å²) in [7, 11) is 0. The fraction of sp³-hybridized carbons (Fsp3) is 0.444. The molecule has 0 atom stereocenters. The van der Waals surface area contributed by atoms with E-state index in [2.05, 4.69) is 10.3 Å². The number of aliphatic hydroxyl groups is 1. The van der Waals surface area contributed by atoms with E-state index in [1.807, 2.05) is 12.1 Å². The Bertz CT molecular complexity index is 297. The molecule has 13 heavy (non-hydrogen) atoms. The average molecular weight is 179 g/mol. The lowest BCUT2D eigenvalue weighted by Gasteiger charge is -2.32. The summed E-state index contributed by atoms with van der Waals surface area (Å²) < 4.78 is 0. The Hall–Kier alpha value is -1.29. The molecule has 4 heteroatoms. The molecule has 4 N–H and O–H groups in total. The number of hydrogen-bond donors (Lipinski definition) is 3. The molecule has 1 aromatic heterocycles. The molecule has 0 radical (unpaired) electrons. The van der Waals surface area contributed by atoms with Crippen molar-refractivity contribution in [3.63, 3.8) is 0 Å². The van der Waals surface area contributed by atoms with Gasteiger partial charge in [0.1, 0.15) is 11.6 Å². The fourth-order valence-corrected chi connectivity index (χ4v) is 1.45. The number of pyridine rings is 1. The predicted octanol–water partition coefficient (Wildman–Crippen LogP) is 0.599. The zero-order valence-electron chi connectivity index (χ0n) is 7.27. The number of rotatable bonds is 2. The monoisotopic (exact) mass is 179 g/mol. The number of hydrogen-bond acceptors (Lipinski definition) is 4. The van der Waals surface area contributed by atoms with Gasteiger partial charge in [0.15, 0.2) is 0 Å². The van der Waals surface area contributed by atoms with Gasteiger partial charge in [-0.05, 0) is 25.0 Å². The molecule has 70 valence electrons. The molecule has 0 aromatic carbocycles. The molecular formula is C9H13N3O. The van der Waals surface area contributed by atoms with Crippen LogP contribution in [0.2, 0.25) is 0 Å². The second-order valence-electron chi connectivity index (χ2n) is 3.41. The number of nitrogens with one attached hydrogen (secondary N) is 1. The van der Waals surface area contributed by atoms with Crippen LogP contribution in [-0.2, 0) is 0 Å². The number of nitrogens with zero attached hydrogens (tertiary/aromatic N) is 1. The molecule has 0 amide bonds. The molecule has 1 aromatic rings. The van der Waals surface area contributed by atoms with Gasteiger partial charge in [0, 0.05) is 6.04 Å². The largest absolute Gasteiger partial charge is 0.393 e. The quantitative estimate of drug-likeness (QED) is 0.621. The van der Waals surface area contributed by atoms with E-state index in [4.69, 9.17) is 10.8 Å².